The highest BCUT2D eigenvalue weighted by molar-refractivity contribution is 8.00. The minimum Gasteiger partial charge on any atom is -0.481 e. The Kier molecular flexibility index (Phi) is 37.5. The molecule has 1 unspecified atom stereocenters. The number of thioether (sulfide) groups is 2. The van der Waals surface area contributed by atoms with Crippen LogP contribution in [0.4, 0.5) is 35.1 Å². The van der Waals surface area contributed by atoms with Gasteiger partial charge in [-0.15, -0.1) is 11.8 Å². The maximum Gasteiger partial charge on any atom is 0.490 e. The van der Waals surface area contributed by atoms with E-state index in [1.165, 1.54) is 0 Å². The minimum absolute atomic E-state index is 0.00511. The van der Waals surface area contributed by atoms with Gasteiger partial charge in [0.15, 0.2) is 5.78 Å². The predicted molar refractivity (Wildman–Crippen MR) is 308 cm³/mol. The Morgan fingerprint density at radius 3 is 1.73 bits per heavy atom. The average Bonchev–Trinajstić information content (AvgIpc) is 1.77. The van der Waals surface area contributed by atoms with E-state index in [-0.39, 0.29) is 126 Å². The second-order valence-electron chi connectivity index (χ2n) is 20.2. The Bertz CT molecular complexity index is 2700. The van der Waals surface area contributed by atoms with Gasteiger partial charge in [-0.05, 0) is 54.6 Å². The Morgan fingerprint density at radius 1 is 0.674 bits per heavy atom. The van der Waals surface area contributed by atoms with Crippen LogP contribution >= 0.6 is 23.5 Å². The number of hydrogen-bond donors (Lipinski definition) is 8. The first-order valence-electron chi connectivity index (χ1n) is 27.1. The summed E-state index contributed by atoms with van der Waals surface area (Å²) in [5, 5.41) is 43.6. The van der Waals surface area contributed by atoms with E-state index in [1.807, 2.05) is 55.7 Å². The molecule has 3 rings (SSSR count). The number of rotatable bonds is 40. The summed E-state index contributed by atoms with van der Waals surface area (Å²) < 4.78 is 117. The van der Waals surface area contributed by atoms with Crippen LogP contribution in [0.1, 0.15) is 76.6 Å². The highest BCUT2D eigenvalue weighted by Crippen LogP contribution is 2.41. The molecule has 4 atom stereocenters. The van der Waals surface area contributed by atoms with Crippen molar-refractivity contribution >= 4 is 76.8 Å². The lowest BCUT2D eigenvalue weighted by atomic mass is 9.83. The van der Waals surface area contributed by atoms with E-state index in [4.69, 9.17) is 55.3 Å². The van der Waals surface area contributed by atoms with Crippen molar-refractivity contribution < 1.29 is 123 Å². The summed E-state index contributed by atoms with van der Waals surface area (Å²) >= 11 is 1.86. The standard InChI is InChI=1S/C52H73F2N5O14S2.2C2HF3O2/c1-52(2,3)48(44-26-36(41-27-38(53)12-13-42(41)54)31-58(44)30-35-9-5-4-6-10-35)59(16-8-15-55)47(63)34-74-32-37(49(64)65)25-39(60)14-18-71-20-22-73-24-23-72-21-19-70-17-7-11-40(61)29-57-46(62)28-45(51(68)69)75-33-43(56)50(66)67;2*3-2(4,5)1(6)7/h4-6,9-10,12-13,26-27,31,37,43,45,48H,7-8,11,14-25,28-30,32-34,55-56H2,1-3H3,(H,57,62)(H,64,65)(H,66,67)(H,68,69);2*(H,6,7)/t37-,43-,45?,48-;;/m0../s1. The van der Waals surface area contributed by atoms with Crippen LogP contribution in [0.2, 0.25) is 0 Å². The maximum absolute atomic E-state index is 15.2. The number of halogens is 8. The lowest BCUT2D eigenvalue weighted by Gasteiger charge is -2.41. The summed E-state index contributed by atoms with van der Waals surface area (Å²) in [6, 6.07) is 12.9. The first-order valence-corrected chi connectivity index (χ1v) is 29.3. The molecule has 500 valence electrons. The highest BCUT2D eigenvalue weighted by atomic mass is 32.2. The fourth-order valence-electron chi connectivity index (χ4n) is 7.59. The van der Waals surface area contributed by atoms with Crippen LogP contribution in [0.15, 0.2) is 60.8 Å². The molecule has 23 nitrogen and oxygen atoms in total. The number of ketones is 2. The zero-order valence-electron chi connectivity index (χ0n) is 48.9. The van der Waals surface area contributed by atoms with Crippen molar-refractivity contribution in [2.75, 3.05) is 89.7 Å². The van der Waals surface area contributed by atoms with Gasteiger partial charge in [0.1, 0.15) is 28.7 Å². The van der Waals surface area contributed by atoms with Crippen LogP contribution in [0.25, 0.3) is 11.1 Å². The van der Waals surface area contributed by atoms with E-state index in [2.05, 4.69) is 5.32 Å². The van der Waals surface area contributed by atoms with Gasteiger partial charge in [0.25, 0.3) is 0 Å². The van der Waals surface area contributed by atoms with Crippen molar-refractivity contribution in [2.24, 2.45) is 22.8 Å². The first-order chi connectivity index (χ1) is 41.6. The third-order valence-corrected chi connectivity index (χ3v) is 14.3. The topological polar surface area (TPSA) is 364 Å². The molecule has 0 radical (unpaired) electrons. The van der Waals surface area contributed by atoms with Gasteiger partial charge < -0.3 is 70.7 Å². The van der Waals surface area contributed by atoms with Gasteiger partial charge in [-0.2, -0.15) is 38.1 Å². The van der Waals surface area contributed by atoms with Gasteiger partial charge in [0.05, 0.1) is 70.5 Å². The van der Waals surface area contributed by atoms with Crippen molar-refractivity contribution in [3.8, 4) is 11.1 Å². The number of nitrogens with two attached hydrogens (primary N) is 2. The molecular weight excluding hydrogens is 1250 g/mol. The molecule has 0 spiro atoms. The molecule has 0 aliphatic heterocycles. The van der Waals surface area contributed by atoms with Gasteiger partial charge in [0, 0.05) is 79.9 Å². The van der Waals surface area contributed by atoms with E-state index < -0.39 is 94.8 Å². The van der Waals surface area contributed by atoms with Crippen molar-refractivity contribution in [1.82, 2.24) is 14.8 Å². The Hall–Kier alpha value is -6.75. The minimum atomic E-state index is -5.08. The molecule has 1 aromatic heterocycles. The number of carbonyl (C=O) groups excluding carboxylic acids is 4. The zero-order valence-corrected chi connectivity index (χ0v) is 50.5. The molecule has 2 aromatic carbocycles. The number of ether oxygens (including phenoxy) is 4. The Balaban J connectivity index is 0.00000251. The van der Waals surface area contributed by atoms with Crippen molar-refractivity contribution in [3.05, 3.63) is 83.7 Å². The number of aromatic nitrogens is 1. The number of carboxylic acids is 5. The van der Waals surface area contributed by atoms with Crippen LogP contribution in [0, 0.1) is 23.0 Å². The zero-order chi connectivity index (χ0) is 67.5. The SMILES string of the molecule is CC(C)(C)[C@H](c1cc(-c2cc(F)ccc2F)cn1Cc1ccccc1)N(CCCN)C(=O)CSC[C@H](CC(=O)CCOCCOCCOCCOCCCC(=O)CNC(=O)CC(SC[C@H](N)C(=O)O)C(=O)O)C(=O)O.O=C(O)C(F)(F)F.O=C(O)C(F)(F)F. The number of benzene rings is 2. The number of amides is 2. The summed E-state index contributed by atoms with van der Waals surface area (Å²) in [6.45, 7) is 8.54. The predicted octanol–water partition coefficient (Wildman–Crippen LogP) is 6.32. The molecule has 33 heteroatoms. The maximum atomic E-state index is 15.2. The van der Waals surface area contributed by atoms with Gasteiger partial charge >= 0.3 is 42.2 Å². The molecule has 0 aliphatic carbocycles. The Morgan fingerprint density at radius 2 is 1.22 bits per heavy atom. The molecule has 0 fully saturated rings. The molecule has 0 saturated heterocycles. The molecule has 1 heterocycles. The van der Waals surface area contributed by atoms with Crippen LogP contribution in [-0.4, -0.2) is 202 Å². The van der Waals surface area contributed by atoms with Crippen molar-refractivity contribution in [1.29, 1.82) is 0 Å². The summed E-state index contributed by atoms with van der Waals surface area (Å²) in [5.41, 5.74) is 13.0. The van der Waals surface area contributed by atoms with Crippen LogP contribution in [0.3, 0.4) is 0 Å². The lowest BCUT2D eigenvalue weighted by molar-refractivity contribution is -0.193. The van der Waals surface area contributed by atoms with E-state index in [1.54, 1.807) is 17.2 Å². The molecule has 10 N–H and O–H groups in total. The molecule has 3 aromatic rings. The van der Waals surface area contributed by atoms with Crippen LogP contribution < -0.4 is 16.8 Å². The molecular formula is C56H75F8N5O18S2. The van der Waals surface area contributed by atoms with Gasteiger partial charge in [-0.25, -0.2) is 18.4 Å². The van der Waals surface area contributed by atoms with E-state index in [0.717, 1.165) is 47.3 Å². The monoisotopic (exact) mass is 1320 g/mol. The van der Waals surface area contributed by atoms with Gasteiger partial charge in [0.2, 0.25) is 11.8 Å². The summed E-state index contributed by atoms with van der Waals surface area (Å²) in [7, 11) is 0. The number of alkyl halides is 6. The number of hydrogen-bond acceptors (Lipinski definition) is 17. The Labute approximate surface area is 515 Å². The summed E-state index contributed by atoms with van der Waals surface area (Å²) in [4.78, 5) is 105. The fourth-order valence-corrected chi connectivity index (χ4v) is 9.59. The second kappa shape index (κ2) is 41.5. The van der Waals surface area contributed by atoms with Crippen molar-refractivity contribution in [2.45, 2.75) is 95.5 Å². The molecule has 2 amide bonds. The van der Waals surface area contributed by atoms with E-state index >= 15 is 4.39 Å². The summed E-state index contributed by atoms with van der Waals surface area (Å²) in [5.74, 6) is -13.2. The number of nitrogens with one attached hydrogen (secondary N) is 1. The smallest absolute Gasteiger partial charge is 0.481 e. The summed E-state index contributed by atoms with van der Waals surface area (Å²) in [6.07, 6.45) is -8.09. The number of carboxylic acid groups (broad SMARTS) is 5. The van der Waals surface area contributed by atoms with Gasteiger partial charge in [-0.1, -0.05) is 51.1 Å². The lowest BCUT2D eigenvalue weighted by Crippen LogP contribution is -2.44. The number of carbonyl (C=O) groups is 9. The first kappa shape index (κ1) is 80.3. The quantitative estimate of drug-likeness (QED) is 0.0228. The number of aliphatic carboxylic acids is 5. The fraction of sp³-hybridized carbons (Fsp3) is 0.554. The second-order valence-corrected chi connectivity index (χ2v) is 22.5. The normalized spacial score (nSPS) is 12.9. The highest BCUT2D eigenvalue weighted by Gasteiger charge is 2.40. The van der Waals surface area contributed by atoms with Gasteiger partial charge in [-0.3, -0.25) is 33.6 Å². The third kappa shape index (κ3) is 34.1. The molecule has 0 saturated carbocycles. The largest absolute Gasteiger partial charge is 0.490 e. The van der Waals surface area contributed by atoms with E-state index in [0.29, 0.717) is 37.2 Å². The molecule has 0 aliphatic rings. The number of nitrogens with zero attached hydrogens (tertiary/aromatic N) is 2. The molecule has 0 bridgehead atoms. The van der Waals surface area contributed by atoms with E-state index in [9.17, 15) is 74.5 Å². The van der Waals surface area contributed by atoms with Crippen LogP contribution in [0.5, 0.6) is 0 Å². The average molecular weight is 1320 g/mol. The third-order valence-electron chi connectivity index (χ3n) is 11.9. The molecule has 89 heavy (non-hydrogen) atoms. The van der Waals surface area contributed by atoms with Crippen LogP contribution in [-0.2, 0) is 68.6 Å². The van der Waals surface area contributed by atoms with Crippen molar-refractivity contribution in [3.63, 3.8) is 0 Å². The number of Topliss-reactive ketones (excluding diaryl/α,β-unsaturated/α-hetero) is 2.